The summed E-state index contributed by atoms with van der Waals surface area (Å²) in [6, 6.07) is 7.69. The van der Waals surface area contributed by atoms with E-state index in [9.17, 15) is 4.79 Å². The van der Waals surface area contributed by atoms with E-state index in [1.807, 2.05) is 31.2 Å². The highest BCUT2D eigenvalue weighted by molar-refractivity contribution is 6.06. The summed E-state index contributed by atoms with van der Waals surface area (Å²) in [7, 11) is 1.80. The minimum absolute atomic E-state index is 0.0736. The van der Waals surface area contributed by atoms with Crippen LogP contribution in [0.1, 0.15) is 46.1 Å². The number of rotatable bonds is 4. The van der Waals surface area contributed by atoms with Crippen LogP contribution in [0.15, 0.2) is 28.8 Å². The van der Waals surface area contributed by atoms with Crippen molar-refractivity contribution in [2.75, 3.05) is 20.3 Å². The molecule has 0 bridgehead atoms. The predicted octanol–water partition coefficient (Wildman–Crippen LogP) is 3.45. The second-order valence-electron chi connectivity index (χ2n) is 7.46. The van der Waals surface area contributed by atoms with Gasteiger partial charge >= 0.3 is 0 Å². The lowest BCUT2D eigenvalue weighted by Gasteiger charge is -2.21. The molecule has 3 aromatic rings. The van der Waals surface area contributed by atoms with Gasteiger partial charge in [-0.25, -0.2) is 4.98 Å². The molecule has 0 spiro atoms. The summed E-state index contributed by atoms with van der Waals surface area (Å²) in [5.74, 6) is 1.82. The Morgan fingerprint density at radius 3 is 2.75 bits per heavy atom. The number of hydrogen-bond acceptors (Lipinski definition) is 6. The lowest BCUT2D eigenvalue weighted by Crippen LogP contribution is -2.27. The zero-order valence-electron chi connectivity index (χ0n) is 15.9. The molecule has 3 heterocycles. The Morgan fingerprint density at radius 2 is 1.96 bits per heavy atom. The third kappa shape index (κ3) is 2.96. The Bertz CT molecular complexity index is 1070. The van der Waals surface area contributed by atoms with E-state index in [0.29, 0.717) is 48.0 Å². The first-order valence-corrected chi connectivity index (χ1v) is 9.51. The standard InChI is InChI=1S/C21H21N3O4/c1-12-19-15(10-16(14-4-5-14)22-20(19)28-23-12)21(25)24(2)11-13-3-6-17-18(9-13)27-8-7-26-17/h3,6,9-10,14H,4-5,7-8,11H2,1-2H3. The molecule has 0 N–H and O–H groups in total. The van der Waals surface area contributed by atoms with Gasteiger partial charge in [-0.05, 0) is 43.5 Å². The van der Waals surface area contributed by atoms with Crippen LogP contribution < -0.4 is 9.47 Å². The molecule has 1 aliphatic carbocycles. The molecule has 1 aliphatic heterocycles. The highest BCUT2D eigenvalue weighted by Gasteiger charge is 2.29. The van der Waals surface area contributed by atoms with Gasteiger partial charge in [0.15, 0.2) is 11.5 Å². The highest BCUT2D eigenvalue weighted by atomic mass is 16.6. The van der Waals surface area contributed by atoms with Crippen molar-refractivity contribution in [2.45, 2.75) is 32.2 Å². The van der Waals surface area contributed by atoms with Gasteiger partial charge in [-0.1, -0.05) is 11.2 Å². The van der Waals surface area contributed by atoms with Crippen molar-refractivity contribution >= 4 is 17.0 Å². The minimum Gasteiger partial charge on any atom is -0.486 e. The summed E-state index contributed by atoms with van der Waals surface area (Å²) in [6.45, 7) is 3.39. The molecular weight excluding hydrogens is 358 g/mol. The van der Waals surface area contributed by atoms with Crippen molar-refractivity contribution in [3.63, 3.8) is 0 Å². The molecule has 1 saturated carbocycles. The van der Waals surface area contributed by atoms with Crippen molar-refractivity contribution in [1.82, 2.24) is 15.0 Å². The van der Waals surface area contributed by atoms with E-state index in [4.69, 9.17) is 14.0 Å². The fourth-order valence-corrected chi connectivity index (χ4v) is 3.61. The van der Waals surface area contributed by atoms with Crippen molar-refractivity contribution in [1.29, 1.82) is 0 Å². The van der Waals surface area contributed by atoms with E-state index in [-0.39, 0.29) is 5.91 Å². The summed E-state index contributed by atoms with van der Waals surface area (Å²) in [6.07, 6.45) is 2.21. The van der Waals surface area contributed by atoms with E-state index in [1.54, 1.807) is 11.9 Å². The molecule has 5 rings (SSSR count). The number of ether oxygens (including phenoxy) is 2. The quantitative estimate of drug-likeness (QED) is 0.691. The van der Waals surface area contributed by atoms with E-state index in [1.165, 1.54) is 0 Å². The van der Waals surface area contributed by atoms with Crippen LogP contribution in [0.3, 0.4) is 0 Å². The summed E-state index contributed by atoms with van der Waals surface area (Å²) in [5, 5.41) is 4.71. The number of benzene rings is 1. The van der Waals surface area contributed by atoms with Crippen LogP contribution in [0.5, 0.6) is 11.5 Å². The second-order valence-corrected chi connectivity index (χ2v) is 7.46. The van der Waals surface area contributed by atoms with Crippen molar-refractivity contribution in [2.24, 2.45) is 0 Å². The van der Waals surface area contributed by atoms with Crippen LogP contribution in [0.4, 0.5) is 0 Å². The molecule has 0 radical (unpaired) electrons. The number of amides is 1. The van der Waals surface area contributed by atoms with E-state index >= 15 is 0 Å². The average molecular weight is 379 g/mol. The van der Waals surface area contributed by atoms with Gasteiger partial charge in [0.25, 0.3) is 11.6 Å². The van der Waals surface area contributed by atoms with Crippen molar-refractivity contribution < 1.29 is 18.8 Å². The first-order valence-electron chi connectivity index (χ1n) is 9.51. The number of pyridine rings is 1. The molecule has 1 fully saturated rings. The highest BCUT2D eigenvalue weighted by Crippen LogP contribution is 2.40. The predicted molar refractivity (Wildman–Crippen MR) is 102 cm³/mol. The van der Waals surface area contributed by atoms with Crippen molar-refractivity contribution in [3.05, 3.63) is 46.8 Å². The molecule has 0 unspecified atom stereocenters. The number of carbonyl (C=O) groups excluding carboxylic acids is 1. The van der Waals surface area contributed by atoms with Gasteiger partial charge in [-0.2, -0.15) is 0 Å². The number of hydrogen-bond donors (Lipinski definition) is 0. The molecule has 2 aliphatic rings. The molecule has 7 heteroatoms. The second kappa shape index (κ2) is 6.51. The third-order valence-electron chi connectivity index (χ3n) is 5.24. The van der Waals surface area contributed by atoms with Crippen LogP contribution >= 0.6 is 0 Å². The summed E-state index contributed by atoms with van der Waals surface area (Å²) in [4.78, 5) is 19.5. The summed E-state index contributed by atoms with van der Waals surface area (Å²) >= 11 is 0. The smallest absolute Gasteiger partial charge is 0.259 e. The third-order valence-corrected chi connectivity index (χ3v) is 5.24. The van der Waals surface area contributed by atoms with Crippen LogP contribution in [-0.2, 0) is 6.54 Å². The SMILES string of the molecule is Cc1noc2nc(C3CC3)cc(C(=O)N(C)Cc3ccc4c(c3)OCCO4)c12. The molecule has 1 amide bonds. The zero-order chi connectivity index (χ0) is 19.3. The largest absolute Gasteiger partial charge is 0.486 e. The average Bonchev–Trinajstić information content (AvgIpc) is 3.50. The molecule has 2 aromatic heterocycles. The maximum Gasteiger partial charge on any atom is 0.259 e. The summed E-state index contributed by atoms with van der Waals surface area (Å²) in [5.41, 5.74) is 3.62. The minimum atomic E-state index is -0.0736. The molecule has 0 saturated heterocycles. The van der Waals surface area contributed by atoms with Gasteiger partial charge in [0.1, 0.15) is 13.2 Å². The first kappa shape index (κ1) is 17.0. The Morgan fingerprint density at radius 1 is 1.18 bits per heavy atom. The Kier molecular flexibility index (Phi) is 3.96. The maximum atomic E-state index is 13.3. The normalized spacial score (nSPS) is 15.6. The first-order chi connectivity index (χ1) is 13.6. The van der Waals surface area contributed by atoms with Crippen molar-refractivity contribution in [3.8, 4) is 11.5 Å². The van der Waals surface area contributed by atoms with E-state index in [0.717, 1.165) is 35.6 Å². The van der Waals surface area contributed by atoms with Gasteiger partial charge in [0.05, 0.1) is 16.6 Å². The zero-order valence-corrected chi connectivity index (χ0v) is 15.9. The fourth-order valence-electron chi connectivity index (χ4n) is 3.61. The van der Waals surface area contributed by atoms with Gasteiger partial charge in [0, 0.05) is 25.2 Å². The number of aromatic nitrogens is 2. The molecular formula is C21H21N3O4. The number of nitrogens with zero attached hydrogens (tertiary/aromatic N) is 3. The van der Waals surface area contributed by atoms with Crippen LogP contribution in [-0.4, -0.2) is 41.2 Å². The Labute approximate surface area is 162 Å². The maximum absolute atomic E-state index is 13.3. The van der Waals surface area contributed by atoms with Gasteiger partial charge in [-0.15, -0.1) is 0 Å². The van der Waals surface area contributed by atoms with Gasteiger partial charge in [0.2, 0.25) is 0 Å². The number of aryl methyl sites for hydroxylation is 1. The van der Waals surface area contributed by atoms with E-state index in [2.05, 4.69) is 10.1 Å². The fraction of sp³-hybridized carbons (Fsp3) is 0.381. The molecule has 0 atom stereocenters. The van der Waals surface area contributed by atoms with Crippen LogP contribution in [0, 0.1) is 6.92 Å². The topological polar surface area (TPSA) is 77.7 Å². The molecule has 144 valence electrons. The Balaban J connectivity index is 1.45. The van der Waals surface area contributed by atoms with Crippen LogP contribution in [0.25, 0.3) is 11.1 Å². The van der Waals surface area contributed by atoms with Crippen LogP contribution in [0.2, 0.25) is 0 Å². The number of carbonyl (C=O) groups is 1. The summed E-state index contributed by atoms with van der Waals surface area (Å²) < 4.78 is 16.6. The van der Waals surface area contributed by atoms with Gasteiger partial charge < -0.3 is 18.9 Å². The lowest BCUT2D eigenvalue weighted by molar-refractivity contribution is 0.0786. The van der Waals surface area contributed by atoms with E-state index < -0.39 is 0 Å². The Hall–Kier alpha value is -3.09. The number of fused-ring (bicyclic) bond motifs is 2. The monoisotopic (exact) mass is 379 g/mol. The molecule has 28 heavy (non-hydrogen) atoms. The van der Waals surface area contributed by atoms with Gasteiger partial charge in [-0.3, -0.25) is 4.79 Å². The lowest BCUT2D eigenvalue weighted by atomic mass is 10.1. The molecule has 1 aromatic carbocycles. The molecule has 7 nitrogen and oxygen atoms in total.